The third-order valence-electron chi connectivity index (χ3n) is 6.70. The molecule has 2 N–H and O–H groups in total. The van der Waals surface area contributed by atoms with Crippen molar-refractivity contribution in [1.29, 1.82) is 0 Å². The van der Waals surface area contributed by atoms with Gasteiger partial charge in [-0.2, -0.15) is 0 Å². The number of Topliss-reactive ketones (excluding diaryl/α,β-unsaturated/α-hetero) is 1. The van der Waals surface area contributed by atoms with Crippen LogP contribution in [-0.4, -0.2) is 35.1 Å². The van der Waals surface area contributed by atoms with Crippen molar-refractivity contribution < 1.29 is 24.2 Å². The molecule has 0 saturated carbocycles. The molecule has 34 heavy (non-hydrogen) atoms. The molecule has 0 unspecified atom stereocenters. The molecule has 1 aromatic carbocycles. The number of aromatic hydroxyl groups is 1. The zero-order valence-electron chi connectivity index (χ0n) is 20.3. The van der Waals surface area contributed by atoms with Gasteiger partial charge < -0.3 is 19.6 Å². The molecule has 6 heteroatoms. The number of hydrogen-bond donors (Lipinski definition) is 2. The van der Waals surface area contributed by atoms with Gasteiger partial charge in [0.05, 0.1) is 7.11 Å². The van der Waals surface area contributed by atoms with E-state index in [0.717, 1.165) is 18.4 Å². The van der Waals surface area contributed by atoms with E-state index in [4.69, 9.17) is 9.47 Å². The molecular formula is C28H35NO5. The van der Waals surface area contributed by atoms with Crippen molar-refractivity contribution in [2.45, 2.75) is 58.5 Å². The molecule has 1 aliphatic rings. The molecular weight excluding hydrogens is 430 g/mol. The summed E-state index contributed by atoms with van der Waals surface area (Å²) in [4.78, 5) is 27.7. The normalized spacial score (nSPS) is 20.1. The monoisotopic (exact) mass is 465 g/mol. The van der Waals surface area contributed by atoms with Crippen LogP contribution in [0.1, 0.15) is 50.7 Å². The zero-order valence-corrected chi connectivity index (χ0v) is 20.3. The van der Waals surface area contributed by atoms with Crippen molar-refractivity contribution in [1.82, 2.24) is 4.98 Å². The van der Waals surface area contributed by atoms with E-state index in [1.807, 2.05) is 12.4 Å². The van der Waals surface area contributed by atoms with Gasteiger partial charge in [-0.1, -0.05) is 37.3 Å². The number of ether oxygens (including phenoxy) is 2. The summed E-state index contributed by atoms with van der Waals surface area (Å²) in [5.41, 5.74) is 2.04. The van der Waals surface area contributed by atoms with E-state index >= 15 is 0 Å². The third kappa shape index (κ3) is 6.86. The summed E-state index contributed by atoms with van der Waals surface area (Å²) in [6.07, 6.45) is 15.5. The number of carbonyl (C=O) groups excluding carboxylic acids is 2. The molecule has 182 valence electrons. The van der Waals surface area contributed by atoms with E-state index in [-0.39, 0.29) is 29.3 Å². The summed E-state index contributed by atoms with van der Waals surface area (Å²) < 4.78 is 10.7. The Balaban J connectivity index is 1.63. The largest absolute Gasteiger partial charge is 0.504 e. The van der Waals surface area contributed by atoms with Crippen molar-refractivity contribution >= 4 is 11.8 Å². The van der Waals surface area contributed by atoms with Crippen LogP contribution < -0.4 is 4.74 Å². The molecule has 2 aromatic rings. The highest BCUT2D eigenvalue weighted by atomic mass is 16.5. The molecule has 0 bridgehead atoms. The highest BCUT2D eigenvalue weighted by Crippen LogP contribution is 2.42. The molecule has 3 rings (SSSR count). The minimum absolute atomic E-state index is 0.0464. The summed E-state index contributed by atoms with van der Waals surface area (Å²) in [7, 11) is 1.49. The summed E-state index contributed by atoms with van der Waals surface area (Å²) in [5, 5.41) is 9.75. The molecule has 1 heterocycles. The molecule has 0 spiro atoms. The molecule has 3 atom stereocenters. The number of phenols is 1. The Morgan fingerprint density at radius 1 is 1.21 bits per heavy atom. The first-order chi connectivity index (χ1) is 16.3. The number of esters is 1. The van der Waals surface area contributed by atoms with Crippen LogP contribution in [0.2, 0.25) is 0 Å². The third-order valence-corrected chi connectivity index (χ3v) is 6.70. The topological polar surface area (TPSA) is 88.6 Å². The molecule has 0 fully saturated rings. The minimum atomic E-state index is -0.450. The van der Waals surface area contributed by atoms with Gasteiger partial charge in [-0.25, -0.2) is 0 Å². The van der Waals surface area contributed by atoms with Crippen LogP contribution >= 0.6 is 0 Å². The van der Waals surface area contributed by atoms with Crippen LogP contribution in [0.4, 0.5) is 0 Å². The van der Waals surface area contributed by atoms with Gasteiger partial charge in [0.25, 0.3) is 0 Å². The van der Waals surface area contributed by atoms with E-state index in [1.165, 1.54) is 19.6 Å². The minimum Gasteiger partial charge on any atom is -0.504 e. The van der Waals surface area contributed by atoms with Crippen LogP contribution in [0.3, 0.4) is 0 Å². The number of aryl methyl sites for hydroxylation is 1. The molecule has 1 aromatic heterocycles. The molecule has 6 nitrogen and oxygen atoms in total. The fourth-order valence-electron chi connectivity index (χ4n) is 4.67. The highest BCUT2D eigenvalue weighted by Gasteiger charge is 2.35. The van der Waals surface area contributed by atoms with Crippen LogP contribution in [0, 0.1) is 11.3 Å². The smallest absolute Gasteiger partial charge is 0.302 e. The Hall–Kier alpha value is -3.28. The van der Waals surface area contributed by atoms with Gasteiger partial charge in [0.1, 0.15) is 11.9 Å². The lowest BCUT2D eigenvalue weighted by atomic mass is 9.67. The maximum absolute atomic E-state index is 12.8. The number of rotatable bonds is 12. The standard InChI is InChI=1S/C28H35NO5/c1-20-6-4-5-13-28(20,18-23-12-15-29-19-23)14-11-25(34-21(2)30)17-24(31)9-7-22-8-10-26(32)27(16-22)33-3/h4-6,8,10,12-13,15-16,19-20,25,29,32H,7,9,11,14,17-18H2,1-3H3/t20-,25+,28+/m0/s1. The Kier molecular flexibility index (Phi) is 8.74. The van der Waals surface area contributed by atoms with Gasteiger partial charge in [0.2, 0.25) is 0 Å². The van der Waals surface area contributed by atoms with Crippen molar-refractivity contribution in [3.8, 4) is 11.5 Å². The fraction of sp³-hybridized carbons (Fsp3) is 0.429. The van der Waals surface area contributed by atoms with Crippen LogP contribution in [0.5, 0.6) is 11.5 Å². The molecule has 0 aliphatic heterocycles. The molecule has 0 amide bonds. The Labute approximate surface area is 201 Å². The first kappa shape index (κ1) is 25.3. The summed E-state index contributed by atoms with van der Waals surface area (Å²) in [6.45, 7) is 3.60. The van der Waals surface area contributed by atoms with E-state index in [9.17, 15) is 14.7 Å². The number of benzene rings is 1. The van der Waals surface area contributed by atoms with E-state index < -0.39 is 6.10 Å². The molecule has 0 saturated heterocycles. The Morgan fingerprint density at radius 3 is 2.71 bits per heavy atom. The van der Waals surface area contributed by atoms with E-state index in [2.05, 4.69) is 42.3 Å². The number of hydrogen-bond acceptors (Lipinski definition) is 5. The summed E-state index contributed by atoms with van der Waals surface area (Å²) in [5.74, 6) is 0.463. The van der Waals surface area contributed by atoms with Gasteiger partial charge >= 0.3 is 5.97 Å². The first-order valence-corrected chi connectivity index (χ1v) is 11.8. The quantitative estimate of drug-likeness (QED) is 0.414. The predicted molar refractivity (Wildman–Crippen MR) is 132 cm³/mol. The number of aromatic amines is 1. The first-order valence-electron chi connectivity index (χ1n) is 11.8. The number of methoxy groups -OCH3 is 1. The maximum Gasteiger partial charge on any atom is 0.302 e. The Morgan fingerprint density at radius 2 is 2.03 bits per heavy atom. The van der Waals surface area contributed by atoms with Crippen LogP contribution in [0.25, 0.3) is 0 Å². The average molecular weight is 466 g/mol. The number of ketones is 1. The predicted octanol–water partition coefficient (Wildman–Crippen LogP) is 5.32. The Bertz CT molecular complexity index is 1020. The zero-order chi connectivity index (χ0) is 24.6. The highest BCUT2D eigenvalue weighted by molar-refractivity contribution is 5.79. The van der Waals surface area contributed by atoms with Gasteiger partial charge in [0, 0.05) is 32.2 Å². The number of carbonyl (C=O) groups is 2. The number of nitrogens with one attached hydrogen (secondary N) is 1. The maximum atomic E-state index is 12.8. The fourth-order valence-corrected chi connectivity index (χ4v) is 4.67. The van der Waals surface area contributed by atoms with Crippen molar-refractivity contribution in [3.63, 3.8) is 0 Å². The summed E-state index contributed by atoms with van der Waals surface area (Å²) in [6, 6.07) is 7.18. The lowest BCUT2D eigenvalue weighted by Crippen LogP contribution is -2.32. The average Bonchev–Trinajstić information content (AvgIpc) is 3.31. The van der Waals surface area contributed by atoms with Crippen molar-refractivity contribution in [2.24, 2.45) is 11.3 Å². The number of phenolic OH excluding ortho intramolecular Hbond substituents is 1. The molecule has 0 radical (unpaired) electrons. The lowest BCUT2D eigenvalue weighted by molar-refractivity contribution is -0.148. The second kappa shape index (κ2) is 11.7. The van der Waals surface area contributed by atoms with Gasteiger partial charge in [-0.05, 0) is 66.3 Å². The number of aromatic nitrogens is 1. The molecule has 1 aliphatic carbocycles. The van der Waals surface area contributed by atoms with Gasteiger partial charge in [-0.15, -0.1) is 0 Å². The lowest BCUT2D eigenvalue weighted by Gasteiger charge is -2.38. The number of H-pyrrole nitrogens is 1. The van der Waals surface area contributed by atoms with Crippen molar-refractivity contribution in [2.75, 3.05) is 7.11 Å². The second-order valence-corrected chi connectivity index (χ2v) is 9.18. The van der Waals surface area contributed by atoms with E-state index in [1.54, 1.807) is 18.2 Å². The van der Waals surface area contributed by atoms with Crippen LogP contribution in [0.15, 0.2) is 61.0 Å². The second-order valence-electron chi connectivity index (χ2n) is 9.18. The van der Waals surface area contributed by atoms with Crippen molar-refractivity contribution in [3.05, 3.63) is 72.1 Å². The van der Waals surface area contributed by atoms with E-state index in [0.29, 0.717) is 30.9 Å². The van der Waals surface area contributed by atoms with Gasteiger partial charge in [0.15, 0.2) is 11.5 Å². The van der Waals surface area contributed by atoms with Gasteiger partial charge in [-0.3, -0.25) is 9.59 Å². The number of allylic oxidation sites excluding steroid dienone is 4. The summed E-state index contributed by atoms with van der Waals surface area (Å²) >= 11 is 0. The SMILES string of the molecule is COc1cc(CCC(=O)C[C@@H](CC[C@@]2(Cc3cc[nH]c3)C=CC=C[C@@H]2C)OC(C)=O)ccc1O. The van der Waals surface area contributed by atoms with Crippen LogP contribution in [-0.2, 0) is 27.2 Å².